The van der Waals surface area contributed by atoms with Gasteiger partial charge in [-0.25, -0.2) is 0 Å². The van der Waals surface area contributed by atoms with Crippen LogP contribution >= 0.6 is 12.4 Å². The summed E-state index contributed by atoms with van der Waals surface area (Å²) >= 11 is 0. The van der Waals surface area contributed by atoms with Crippen LogP contribution in [0.5, 0.6) is 0 Å². The van der Waals surface area contributed by atoms with Gasteiger partial charge in [0.25, 0.3) is 0 Å². The maximum atomic E-state index is 10.4. The quantitative estimate of drug-likeness (QED) is 0.575. The van der Waals surface area contributed by atoms with Crippen molar-refractivity contribution in [3.05, 3.63) is 0 Å². The minimum atomic E-state index is -0.792. The highest BCUT2D eigenvalue weighted by Crippen LogP contribution is 1.87. The Morgan fingerprint density at radius 2 is 2.40 bits per heavy atom. The molecule has 0 aliphatic heterocycles. The van der Waals surface area contributed by atoms with Gasteiger partial charge in [-0.15, -0.1) is 12.4 Å². The van der Waals surface area contributed by atoms with Gasteiger partial charge in [0.1, 0.15) is 6.04 Å². The molecule has 0 aromatic carbocycles. The minimum absolute atomic E-state index is 0. The second-order valence-corrected chi connectivity index (χ2v) is 1.49. The lowest BCUT2D eigenvalue weighted by Gasteiger charge is -2.01. The highest BCUT2D eigenvalue weighted by Gasteiger charge is 2.11. The molecule has 0 heterocycles. The third-order valence-electron chi connectivity index (χ3n) is 0.815. The molecule has 0 bridgehead atoms. The van der Waals surface area contributed by atoms with E-state index in [1.807, 2.05) is 0 Å². The van der Waals surface area contributed by atoms with E-state index in [-0.39, 0.29) is 18.8 Å². The number of methoxy groups -OCH3 is 1. The van der Waals surface area contributed by atoms with E-state index in [2.05, 4.69) is 4.74 Å². The number of rotatable bonds is 2. The van der Waals surface area contributed by atoms with Gasteiger partial charge in [0.15, 0.2) is 0 Å². The second kappa shape index (κ2) is 6.33. The van der Waals surface area contributed by atoms with Crippen molar-refractivity contribution in [2.24, 2.45) is 5.73 Å². The Hall–Kier alpha value is -0.790. The molecule has 0 aliphatic carbocycles. The van der Waals surface area contributed by atoms with E-state index in [1.165, 1.54) is 7.11 Å². The standard InChI is InChI=1S/C5H8N2O2.ClH/c1-9-5(8)4(7)2-3-6;/h4H,2,7H2,1H3;1H. The van der Waals surface area contributed by atoms with E-state index in [0.717, 1.165) is 0 Å². The molecular formula is C5H9ClN2O2. The number of nitrogens with two attached hydrogens (primary N) is 1. The van der Waals surface area contributed by atoms with Crippen LogP contribution in [0.2, 0.25) is 0 Å². The van der Waals surface area contributed by atoms with Crippen LogP contribution in [0.3, 0.4) is 0 Å². The fourth-order valence-corrected chi connectivity index (χ4v) is 0.333. The van der Waals surface area contributed by atoms with Gasteiger partial charge in [-0.05, 0) is 0 Å². The number of nitriles is 1. The first-order valence-electron chi connectivity index (χ1n) is 2.42. The summed E-state index contributed by atoms with van der Waals surface area (Å²) in [6, 6.07) is 0.965. The van der Waals surface area contributed by atoms with Crippen LogP contribution in [0.25, 0.3) is 0 Å². The smallest absolute Gasteiger partial charge is 0.323 e. The number of hydrogen-bond donors (Lipinski definition) is 1. The van der Waals surface area contributed by atoms with Crippen LogP contribution in [0, 0.1) is 11.3 Å². The largest absolute Gasteiger partial charge is 0.468 e. The molecule has 0 rings (SSSR count). The number of carbonyl (C=O) groups is 1. The number of ether oxygens (including phenoxy) is 1. The molecule has 0 aliphatic rings. The third-order valence-corrected chi connectivity index (χ3v) is 0.815. The summed E-state index contributed by atoms with van der Waals surface area (Å²) in [5.74, 6) is -0.545. The molecule has 0 fully saturated rings. The first kappa shape index (κ1) is 11.9. The molecule has 0 aromatic rings. The molecule has 1 unspecified atom stereocenters. The molecule has 1 atom stereocenters. The molecule has 5 heteroatoms. The number of hydrogen-bond acceptors (Lipinski definition) is 4. The van der Waals surface area contributed by atoms with Gasteiger partial charge in [-0.3, -0.25) is 4.79 Å². The molecule has 0 saturated heterocycles. The first-order chi connectivity index (χ1) is 4.22. The molecule has 0 saturated carbocycles. The van der Waals surface area contributed by atoms with E-state index >= 15 is 0 Å². The van der Waals surface area contributed by atoms with Crippen molar-refractivity contribution in [2.75, 3.05) is 7.11 Å². The van der Waals surface area contributed by atoms with Gasteiger partial charge < -0.3 is 10.5 Å². The lowest BCUT2D eigenvalue weighted by Crippen LogP contribution is -2.30. The van der Waals surface area contributed by atoms with Crippen molar-refractivity contribution >= 4 is 18.4 Å². The van der Waals surface area contributed by atoms with Crippen molar-refractivity contribution in [3.8, 4) is 6.07 Å². The summed E-state index contributed by atoms with van der Waals surface area (Å²) < 4.78 is 4.25. The van der Waals surface area contributed by atoms with E-state index < -0.39 is 12.0 Å². The fourth-order valence-electron chi connectivity index (χ4n) is 0.333. The number of halogens is 1. The lowest BCUT2D eigenvalue weighted by atomic mass is 10.2. The van der Waals surface area contributed by atoms with Crippen LogP contribution < -0.4 is 5.73 Å². The Kier molecular flexibility index (Phi) is 7.56. The van der Waals surface area contributed by atoms with Gasteiger partial charge >= 0.3 is 5.97 Å². The molecule has 10 heavy (non-hydrogen) atoms. The third kappa shape index (κ3) is 4.13. The molecular weight excluding hydrogens is 156 g/mol. The fraction of sp³-hybridized carbons (Fsp3) is 0.600. The minimum Gasteiger partial charge on any atom is -0.468 e. The maximum Gasteiger partial charge on any atom is 0.323 e. The number of esters is 1. The van der Waals surface area contributed by atoms with Gasteiger partial charge in [0.05, 0.1) is 19.6 Å². The van der Waals surface area contributed by atoms with Crippen LogP contribution in [0.15, 0.2) is 0 Å². The monoisotopic (exact) mass is 164 g/mol. The van der Waals surface area contributed by atoms with Crippen molar-refractivity contribution in [2.45, 2.75) is 12.5 Å². The van der Waals surface area contributed by atoms with Crippen LogP contribution in [0.1, 0.15) is 6.42 Å². The van der Waals surface area contributed by atoms with Gasteiger partial charge in [-0.2, -0.15) is 5.26 Å². The molecule has 0 amide bonds. The second-order valence-electron chi connectivity index (χ2n) is 1.49. The van der Waals surface area contributed by atoms with Gasteiger partial charge in [0.2, 0.25) is 0 Å². The lowest BCUT2D eigenvalue weighted by molar-refractivity contribution is -0.142. The Balaban J connectivity index is 0. The summed E-state index contributed by atoms with van der Waals surface area (Å²) in [5.41, 5.74) is 5.14. The summed E-state index contributed by atoms with van der Waals surface area (Å²) in [6.07, 6.45) is 0.00662. The van der Waals surface area contributed by atoms with Crippen molar-refractivity contribution < 1.29 is 9.53 Å². The average Bonchev–Trinajstić information content (AvgIpc) is 1.87. The average molecular weight is 165 g/mol. The van der Waals surface area contributed by atoms with E-state index in [1.54, 1.807) is 6.07 Å². The molecule has 0 spiro atoms. The highest BCUT2D eigenvalue weighted by molar-refractivity contribution is 5.85. The molecule has 4 nitrogen and oxygen atoms in total. The van der Waals surface area contributed by atoms with E-state index in [9.17, 15) is 4.79 Å². The van der Waals surface area contributed by atoms with Gasteiger partial charge in [0, 0.05) is 0 Å². The maximum absolute atomic E-state index is 10.4. The van der Waals surface area contributed by atoms with Crippen LogP contribution in [-0.4, -0.2) is 19.1 Å². The molecule has 0 aromatic heterocycles. The summed E-state index contributed by atoms with van der Waals surface area (Å²) in [7, 11) is 1.24. The molecule has 0 radical (unpaired) electrons. The normalized spacial score (nSPS) is 10.5. The first-order valence-corrected chi connectivity index (χ1v) is 2.42. The summed E-state index contributed by atoms with van der Waals surface area (Å²) in [6.45, 7) is 0. The van der Waals surface area contributed by atoms with Gasteiger partial charge in [-0.1, -0.05) is 0 Å². The molecule has 58 valence electrons. The highest BCUT2D eigenvalue weighted by atomic mass is 35.5. The predicted molar refractivity (Wildman–Crippen MR) is 37.5 cm³/mol. The Morgan fingerprint density at radius 3 is 2.70 bits per heavy atom. The van der Waals surface area contributed by atoms with E-state index in [0.29, 0.717) is 0 Å². The zero-order valence-corrected chi connectivity index (χ0v) is 6.35. The SMILES string of the molecule is COC(=O)C(N)CC#N.Cl. The number of carbonyl (C=O) groups excluding carboxylic acids is 1. The topological polar surface area (TPSA) is 76.1 Å². The summed E-state index contributed by atoms with van der Waals surface area (Å²) in [5, 5.41) is 8.04. The van der Waals surface area contributed by atoms with Crippen molar-refractivity contribution in [3.63, 3.8) is 0 Å². The van der Waals surface area contributed by atoms with Crippen molar-refractivity contribution in [1.29, 1.82) is 5.26 Å². The zero-order chi connectivity index (χ0) is 7.28. The summed E-state index contributed by atoms with van der Waals surface area (Å²) in [4.78, 5) is 10.4. The Bertz CT molecular complexity index is 143. The Morgan fingerprint density at radius 1 is 1.90 bits per heavy atom. The zero-order valence-electron chi connectivity index (χ0n) is 5.53. The van der Waals surface area contributed by atoms with Crippen LogP contribution in [0.4, 0.5) is 0 Å². The predicted octanol–water partition coefficient (Wildman–Crippen LogP) is -0.178. The van der Waals surface area contributed by atoms with E-state index in [4.69, 9.17) is 11.0 Å². The molecule has 2 N–H and O–H groups in total. The van der Waals surface area contributed by atoms with Crippen molar-refractivity contribution in [1.82, 2.24) is 0 Å². The Labute approximate surface area is 65.4 Å². The number of nitrogens with zero attached hydrogens (tertiary/aromatic N) is 1. The van der Waals surface area contributed by atoms with Crippen LogP contribution in [-0.2, 0) is 9.53 Å².